The Labute approximate surface area is 166 Å². The van der Waals surface area contributed by atoms with Gasteiger partial charge in [0.1, 0.15) is 0 Å². The molecule has 1 aliphatic rings. The third-order valence-corrected chi connectivity index (χ3v) is 6.60. The van der Waals surface area contributed by atoms with E-state index in [0.717, 1.165) is 23.2 Å². The van der Waals surface area contributed by atoms with Gasteiger partial charge in [0, 0.05) is 18.6 Å². The molecule has 3 rings (SSSR count). The van der Waals surface area contributed by atoms with E-state index in [1.807, 2.05) is 45.9 Å². The van der Waals surface area contributed by atoms with E-state index in [0.29, 0.717) is 30.9 Å². The molecule has 0 saturated heterocycles. The van der Waals surface area contributed by atoms with Gasteiger partial charge in [-0.2, -0.15) is 4.31 Å². The summed E-state index contributed by atoms with van der Waals surface area (Å²) >= 11 is 0. The Kier molecular flexibility index (Phi) is 5.33. The Balaban J connectivity index is 1.95. The Morgan fingerprint density at radius 3 is 2.68 bits per heavy atom. The minimum Gasteiger partial charge on any atom is -0.346 e. The molecular weight excluding hydrogens is 378 g/mol. The second-order valence-corrected chi connectivity index (χ2v) is 9.87. The van der Waals surface area contributed by atoms with Crippen molar-refractivity contribution < 1.29 is 13.2 Å². The number of amides is 1. The Hall–Kier alpha value is -2.26. The van der Waals surface area contributed by atoms with Crippen molar-refractivity contribution in [1.29, 1.82) is 0 Å². The number of carbonyl (C=O) groups is 1. The number of hydrogen-bond acceptors (Lipinski definition) is 5. The molecule has 0 radical (unpaired) electrons. The van der Waals surface area contributed by atoms with Gasteiger partial charge in [-0.3, -0.25) is 4.79 Å². The third-order valence-electron chi connectivity index (χ3n) is 5.35. The number of carbonyl (C=O) groups excluding carboxylic acids is 1. The highest BCUT2D eigenvalue weighted by Gasteiger charge is 2.27. The molecule has 8 nitrogen and oxygen atoms in total. The van der Waals surface area contributed by atoms with Gasteiger partial charge in [-0.05, 0) is 50.8 Å². The molecule has 0 spiro atoms. The van der Waals surface area contributed by atoms with Crippen LogP contribution < -0.4 is 5.32 Å². The maximum Gasteiger partial charge on any atom is 0.274 e. The smallest absolute Gasteiger partial charge is 0.274 e. The highest BCUT2D eigenvalue weighted by Crippen LogP contribution is 2.27. The fourth-order valence-corrected chi connectivity index (χ4v) is 4.06. The number of benzene rings is 1. The van der Waals surface area contributed by atoms with Crippen molar-refractivity contribution in [2.75, 3.05) is 12.8 Å². The number of fused-ring (bicyclic) bond motifs is 1. The van der Waals surface area contributed by atoms with Gasteiger partial charge in [-0.25, -0.2) is 13.1 Å². The molecule has 28 heavy (non-hydrogen) atoms. The van der Waals surface area contributed by atoms with Gasteiger partial charge in [0.15, 0.2) is 5.69 Å². The molecule has 1 amide bonds. The van der Waals surface area contributed by atoms with E-state index in [2.05, 4.69) is 15.6 Å². The van der Waals surface area contributed by atoms with Crippen LogP contribution in [0.2, 0.25) is 0 Å². The highest BCUT2D eigenvalue weighted by atomic mass is 32.2. The number of nitrogens with one attached hydrogen (secondary N) is 1. The van der Waals surface area contributed by atoms with E-state index in [9.17, 15) is 13.2 Å². The summed E-state index contributed by atoms with van der Waals surface area (Å²) in [6.45, 7) is 8.53. The van der Waals surface area contributed by atoms with Gasteiger partial charge in [-0.1, -0.05) is 24.3 Å². The van der Waals surface area contributed by atoms with Crippen molar-refractivity contribution in [3.63, 3.8) is 0 Å². The molecule has 0 saturated carbocycles. The molecule has 1 aromatic heterocycles. The van der Waals surface area contributed by atoms with Crippen LogP contribution in [0.25, 0.3) is 5.69 Å². The molecular formula is C19H27N5O3S. The molecule has 0 atom stereocenters. The minimum absolute atomic E-state index is 0.247. The summed E-state index contributed by atoms with van der Waals surface area (Å²) in [5.74, 6) is -0.247. The first kappa shape index (κ1) is 20.5. The van der Waals surface area contributed by atoms with Crippen LogP contribution in [0.3, 0.4) is 0 Å². The molecule has 2 heterocycles. The van der Waals surface area contributed by atoms with Crippen molar-refractivity contribution in [3.8, 4) is 5.69 Å². The Morgan fingerprint density at radius 1 is 1.32 bits per heavy atom. The Bertz CT molecular complexity index is 1010. The predicted molar refractivity (Wildman–Crippen MR) is 107 cm³/mol. The SMILES string of the molecule is CCC(C)(C)NC(=O)c1nnn(-c2cccc3c2CCN(S(C)(=O)=O)C3)c1C. The highest BCUT2D eigenvalue weighted by molar-refractivity contribution is 7.88. The fraction of sp³-hybridized carbons (Fsp3) is 0.526. The molecule has 0 fully saturated rings. The van der Waals surface area contributed by atoms with Crippen LogP contribution >= 0.6 is 0 Å². The van der Waals surface area contributed by atoms with Crippen molar-refractivity contribution in [1.82, 2.24) is 24.6 Å². The van der Waals surface area contributed by atoms with Gasteiger partial charge >= 0.3 is 0 Å². The number of hydrogen-bond donors (Lipinski definition) is 1. The van der Waals surface area contributed by atoms with Crippen molar-refractivity contribution >= 4 is 15.9 Å². The van der Waals surface area contributed by atoms with E-state index in [1.54, 1.807) is 4.68 Å². The number of aromatic nitrogens is 3. The van der Waals surface area contributed by atoms with E-state index >= 15 is 0 Å². The first-order valence-electron chi connectivity index (χ1n) is 9.34. The molecule has 1 aliphatic heterocycles. The van der Waals surface area contributed by atoms with Crippen LogP contribution in [-0.2, 0) is 23.0 Å². The summed E-state index contributed by atoms with van der Waals surface area (Å²) in [5.41, 5.74) is 3.45. The summed E-state index contributed by atoms with van der Waals surface area (Å²) in [6.07, 6.45) is 2.61. The molecule has 1 N–H and O–H groups in total. The summed E-state index contributed by atoms with van der Waals surface area (Å²) in [6, 6.07) is 5.73. The molecule has 2 aromatic rings. The second-order valence-electron chi connectivity index (χ2n) is 7.89. The van der Waals surface area contributed by atoms with E-state index in [4.69, 9.17) is 0 Å². The molecule has 152 valence electrons. The average Bonchev–Trinajstić information content (AvgIpc) is 3.01. The van der Waals surface area contributed by atoms with Gasteiger partial charge in [-0.15, -0.1) is 5.10 Å². The lowest BCUT2D eigenvalue weighted by Gasteiger charge is -2.28. The Morgan fingerprint density at radius 2 is 2.04 bits per heavy atom. The lowest BCUT2D eigenvalue weighted by Crippen LogP contribution is -2.43. The minimum atomic E-state index is -3.24. The molecule has 0 bridgehead atoms. The van der Waals surface area contributed by atoms with Gasteiger partial charge in [0.2, 0.25) is 10.0 Å². The maximum atomic E-state index is 12.6. The summed E-state index contributed by atoms with van der Waals surface area (Å²) < 4.78 is 26.9. The summed E-state index contributed by atoms with van der Waals surface area (Å²) in [5, 5.41) is 11.3. The van der Waals surface area contributed by atoms with Crippen LogP contribution in [0.4, 0.5) is 0 Å². The van der Waals surface area contributed by atoms with Crippen LogP contribution in [-0.4, -0.2) is 52.0 Å². The standard InChI is InChI=1S/C19H27N5O3S/c1-6-19(3,4)20-18(25)17-13(2)24(22-21-17)16-9-7-8-14-12-23(28(5,26)27)11-10-15(14)16/h7-9H,6,10-12H2,1-5H3,(H,20,25). The zero-order valence-electron chi connectivity index (χ0n) is 17.0. The largest absolute Gasteiger partial charge is 0.346 e. The summed E-state index contributed by atoms with van der Waals surface area (Å²) in [7, 11) is -3.24. The topological polar surface area (TPSA) is 97.2 Å². The first-order chi connectivity index (χ1) is 13.0. The monoisotopic (exact) mass is 405 g/mol. The molecule has 9 heteroatoms. The summed E-state index contributed by atoms with van der Waals surface area (Å²) in [4.78, 5) is 12.6. The molecule has 0 unspecified atom stereocenters. The third kappa shape index (κ3) is 3.95. The van der Waals surface area contributed by atoms with Crippen LogP contribution in [0, 0.1) is 6.92 Å². The molecule has 0 aliphatic carbocycles. The van der Waals surface area contributed by atoms with Crippen molar-refractivity contribution in [3.05, 3.63) is 40.7 Å². The van der Waals surface area contributed by atoms with Gasteiger partial charge in [0.25, 0.3) is 5.91 Å². The fourth-order valence-electron chi connectivity index (χ4n) is 3.27. The van der Waals surface area contributed by atoms with Crippen LogP contribution in [0.1, 0.15) is 54.5 Å². The van der Waals surface area contributed by atoms with Crippen molar-refractivity contribution in [2.24, 2.45) is 0 Å². The zero-order chi connectivity index (χ0) is 20.7. The van der Waals surface area contributed by atoms with Crippen LogP contribution in [0.15, 0.2) is 18.2 Å². The van der Waals surface area contributed by atoms with E-state index in [1.165, 1.54) is 10.6 Å². The van der Waals surface area contributed by atoms with Gasteiger partial charge < -0.3 is 5.32 Å². The second kappa shape index (κ2) is 7.29. The van der Waals surface area contributed by atoms with Gasteiger partial charge in [0.05, 0.1) is 17.6 Å². The van der Waals surface area contributed by atoms with Crippen LogP contribution in [0.5, 0.6) is 0 Å². The first-order valence-corrected chi connectivity index (χ1v) is 11.2. The average molecular weight is 406 g/mol. The van der Waals surface area contributed by atoms with Crippen molar-refractivity contribution in [2.45, 2.75) is 52.6 Å². The lowest BCUT2D eigenvalue weighted by molar-refractivity contribution is 0.0905. The predicted octanol–water partition coefficient (Wildman–Crippen LogP) is 1.81. The molecule has 1 aromatic carbocycles. The zero-order valence-corrected chi connectivity index (χ0v) is 17.8. The normalized spacial score (nSPS) is 15.3. The lowest BCUT2D eigenvalue weighted by atomic mass is 9.99. The quantitative estimate of drug-likeness (QED) is 0.818. The maximum absolute atomic E-state index is 12.6. The van der Waals surface area contributed by atoms with E-state index in [-0.39, 0.29) is 11.4 Å². The number of rotatable bonds is 5. The number of sulfonamides is 1. The van der Waals surface area contributed by atoms with E-state index < -0.39 is 10.0 Å². The number of nitrogens with zero attached hydrogens (tertiary/aromatic N) is 4.